The lowest BCUT2D eigenvalue weighted by atomic mass is 10.1. The number of ether oxygens (including phenoxy) is 2. The molecule has 0 amide bonds. The predicted octanol–water partition coefficient (Wildman–Crippen LogP) is 6.41. The van der Waals surface area contributed by atoms with Crippen LogP contribution in [0.3, 0.4) is 0 Å². The average molecular weight is 379 g/mol. The van der Waals surface area contributed by atoms with E-state index < -0.39 is 0 Å². The van der Waals surface area contributed by atoms with Gasteiger partial charge in [-0.3, -0.25) is 4.79 Å². The van der Waals surface area contributed by atoms with E-state index in [1.54, 1.807) is 0 Å². The average Bonchev–Trinajstić information content (AvgIpc) is 2.71. The fourth-order valence-corrected chi connectivity index (χ4v) is 3.01. The summed E-state index contributed by atoms with van der Waals surface area (Å²) in [6, 6.07) is 15.6. The van der Waals surface area contributed by atoms with Crippen molar-refractivity contribution in [3.63, 3.8) is 0 Å². The Bertz CT molecular complexity index is 739. The zero-order chi connectivity index (χ0) is 20.0. The van der Waals surface area contributed by atoms with Gasteiger partial charge in [-0.15, -0.1) is 12.3 Å². The maximum Gasteiger partial charge on any atom is 0.311 e. The van der Waals surface area contributed by atoms with Crippen molar-refractivity contribution in [2.75, 3.05) is 6.61 Å². The van der Waals surface area contributed by atoms with Gasteiger partial charge in [0.05, 0.1) is 6.61 Å². The molecule has 0 radical (unpaired) electrons. The van der Waals surface area contributed by atoms with Gasteiger partial charge in [0.2, 0.25) is 0 Å². The summed E-state index contributed by atoms with van der Waals surface area (Å²) in [4.78, 5) is 12.0. The molecular weight excluding hydrogens is 348 g/mol. The van der Waals surface area contributed by atoms with Gasteiger partial charge in [0.15, 0.2) is 0 Å². The van der Waals surface area contributed by atoms with E-state index in [9.17, 15) is 4.79 Å². The molecule has 2 aromatic rings. The summed E-state index contributed by atoms with van der Waals surface area (Å²) in [6.07, 6.45) is 13.1. The van der Waals surface area contributed by atoms with Gasteiger partial charge in [-0.1, -0.05) is 49.9 Å². The summed E-state index contributed by atoms with van der Waals surface area (Å²) in [5.41, 5.74) is 2.18. The van der Waals surface area contributed by atoms with E-state index in [1.807, 2.05) is 55.5 Å². The fourth-order valence-electron chi connectivity index (χ4n) is 3.01. The van der Waals surface area contributed by atoms with Gasteiger partial charge < -0.3 is 9.47 Å². The molecule has 3 nitrogen and oxygen atoms in total. The first-order valence-corrected chi connectivity index (χ1v) is 10.2. The van der Waals surface area contributed by atoms with Gasteiger partial charge in [-0.25, -0.2) is 0 Å². The molecule has 0 heterocycles. The number of carbonyl (C=O) groups excluding carboxylic acids is 1. The third kappa shape index (κ3) is 7.88. The summed E-state index contributed by atoms with van der Waals surface area (Å²) in [5, 5.41) is 0. The van der Waals surface area contributed by atoms with Crippen LogP contribution in [0.15, 0.2) is 48.5 Å². The lowest BCUT2D eigenvalue weighted by Gasteiger charge is -2.07. The molecule has 0 aliphatic heterocycles. The van der Waals surface area contributed by atoms with Gasteiger partial charge in [-0.05, 0) is 55.2 Å². The van der Waals surface area contributed by atoms with Crippen molar-refractivity contribution >= 4 is 5.97 Å². The monoisotopic (exact) mass is 378 g/mol. The van der Waals surface area contributed by atoms with Crippen LogP contribution in [-0.4, -0.2) is 12.6 Å². The van der Waals surface area contributed by atoms with Crippen LogP contribution in [0.4, 0.5) is 0 Å². The van der Waals surface area contributed by atoms with Gasteiger partial charge in [0, 0.05) is 12.8 Å². The third-order valence-electron chi connectivity index (χ3n) is 4.54. The van der Waals surface area contributed by atoms with Gasteiger partial charge in [0.25, 0.3) is 0 Å². The van der Waals surface area contributed by atoms with Gasteiger partial charge in [-0.2, -0.15) is 0 Å². The zero-order valence-corrected chi connectivity index (χ0v) is 16.8. The number of carbonyl (C=O) groups is 1. The van der Waals surface area contributed by atoms with Crippen LogP contribution in [-0.2, 0) is 4.79 Å². The van der Waals surface area contributed by atoms with Crippen molar-refractivity contribution in [3.8, 4) is 35.0 Å². The Kier molecular flexibility index (Phi) is 9.72. The minimum absolute atomic E-state index is 0.166. The molecule has 0 saturated carbocycles. The van der Waals surface area contributed by atoms with Crippen LogP contribution >= 0.6 is 0 Å². The highest BCUT2D eigenvalue weighted by Crippen LogP contribution is 2.25. The first-order valence-electron chi connectivity index (χ1n) is 10.2. The highest BCUT2D eigenvalue weighted by Gasteiger charge is 2.06. The van der Waals surface area contributed by atoms with Crippen molar-refractivity contribution in [1.82, 2.24) is 0 Å². The third-order valence-corrected chi connectivity index (χ3v) is 4.54. The van der Waals surface area contributed by atoms with E-state index in [4.69, 9.17) is 15.9 Å². The Morgan fingerprint density at radius 1 is 0.821 bits per heavy atom. The first-order chi connectivity index (χ1) is 13.7. The van der Waals surface area contributed by atoms with E-state index in [2.05, 4.69) is 5.92 Å². The number of hydrogen-bond acceptors (Lipinski definition) is 3. The molecule has 0 aliphatic rings. The summed E-state index contributed by atoms with van der Waals surface area (Å²) < 4.78 is 10.9. The molecule has 0 N–H and O–H groups in total. The topological polar surface area (TPSA) is 35.5 Å². The normalized spacial score (nSPS) is 10.3. The lowest BCUT2D eigenvalue weighted by molar-refractivity contribution is -0.134. The molecule has 0 atom stereocenters. The second-order valence-corrected chi connectivity index (χ2v) is 6.78. The molecule has 0 bridgehead atoms. The highest BCUT2D eigenvalue weighted by molar-refractivity contribution is 5.73. The van der Waals surface area contributed by atoms with E-state index in [0.29, 0.717) is 18.8 Å². The molecule has 0 fully saturated rings. The van der Waals surface area contributed by atoms with Crippen LogP contribution < -0.4 is 9.47 Å². The Morgan fingerprint density at radius 2 is 1.36 bits per heavy atom. The summed E-state index contributed by atoms with van der Waals surface area (Å²) in [7, 11) is 0. The second-order valence-electron chi connectivity index (χ2n) is 6.78. The Morgan fingerprint density at radius 3 is 1.93 bits per heavy atom. The van der Waals surface area contributed by atoms with Crippen molar-refractivity contribution in [2.24, 2.45) is 0 Å². The van der Waals surface area contributed by atoms with E-state index in [0.717, 1.165) is 49.0 Å². The SMILES string of the molecule is C#CCCCCCCCCC(=O)Oc1ccc(-c2ccc(OCC)cc2)cc1. The Hall–Kier alpha value is -2.73. The van der Waals surface area contributed by atoms with Crippen molar-refractivity contribution in [1.29, 1.82) is 0 Å². The quantitative estimate of drug-likeness (QED) is 0.185. The van der Waals surface area contributed by atoms with Crippen molar-refractivity contribution in [2.45, 2.75) is 58.3 Å². The molecule has 3 heteroatoms. The number of esters is 1. The molecule has 0 spiro atoms. The smallest absolute Gasteiger partial charge is 0.311 e. The maximum absolute atomic E-state index is 12.0. The molecule has 0 aliphatic carbocycles. The van der Waals surface area contributed by atoms with E-state index in [1.165, 1.54) is 12.8 Å². The number of unbranched alkanes of at least 4 members (excludes halogenated alkanes) is 6. The van der Waals surface area contributed by atoms with Crippen LogP contribution in [0.5, 0.6) is 11.5 Å². The molecule has 2 rings (SSSR count). The minimum Gasteiger partial charge on any atom is -0.494 e. The van der Waals surface area contributed by atoms with Crippen molar-refractivity contribution in [3.05, 3.63) is 48.5 Å². The summed E-state index contributed by atoms with van der Waals surface area (Å²) in [6.45, 7) is 2.63. The lowest BCUT2D eigenvalue weighted by Crippen LogP contribution is -2.07. The molecule has 0 unspecified atom stereocenters. The largest absolute Gasteiger partial charge is 0.494 e. The standard InChI is InChI=1S/C25H30O3/c1-3-5-6-7-8-9-10-11-12-25(26)28-24-19-15-22(16-20-24)21-13-17-23(18-14-21)27-4-2/h1,13-20H,4-12H2,2H3. The maximum atomic E-state index is 12.0. The zero-order valence-electron chi connectivity index (χ0n) is 16.8. The molecular formula is C25H30O3. The second kappa shape index (κ2) is 12.6. The molecule has 0 saturated heterocycles. The van der Waals surface area contributed by atoms with E-state index >= 15 is 0 Å². The van der Waals surface area contributed by atoms with Crippen LogP contribution in [0, 0.1) is 12.3 Å². The Labute approximate surface area is 169 Å². The minimum atomic E-state index is -0.166. The van der Waals surface area contributed by atoms with Crippen LogP contribution in [0.25, 0.3) is 11.1 Å². The summed E-state index contributed by atoms with van der Waals surface area (Å²) >= 11 is 0. The Balaban J connectivity index is 1.70. The number of hydrogen-bond donors (Lipinski definition) is 0. The first kappa shape index (κ1) is 21.6. The number of benzene rings is 2. The highest BCUT2D eigenvalue weighted by atomic mass is 16.5. The predicted molar refractivity (Wildman–Crippen MR) is 114 cm³/mol. The van der Waals surface area contributed by atoms with Crippen LogP contribution in [0.2, 0.25) is 0 Å². The number of terminal acetylenes is 1. The van der Waals surface area contributed by atoms with Crippen molar-refractivity contribution < 1.29 is 14.3 Å². The molecule has 2 aromatic carbocycles. The fraction of sp³-hybridized carbons (Fsp3) is 0.400. The molecule has 28 heavy (non-hydrogen) atoms. The van der Waals surface area contributed by atoms with Crippen LogP contribution in [0.1, 0.15) is 58.3 Å². The number of rotatable bonds is 12. The molecule has 0 aromatic heterocycles. The van der Waals surface area contributed by atoms with E-state index in [-0.39, 0.29) is 5.97 Å². The van der Waals surface area contributed by atoms with Gasteiger partial charge in [0.1, 0.15) is 11.5 Å². The summed E-state index contributed by atoms with van der Waals surface area (Å²) in [5.74, 6) is 3.95. The molecule has 148 valence electrons. The van der Waals surface area contributed by atoms with Gasteiger partial charge >= 0.3 is 5.97 Å².